The predicted octanol–water partition coefficient (Wildman–Crippen LogP) is 2.08. The van der Waals surface area contributed by atoms with Crippen molar-refractivity contribution in [3.63, 3.8) is 0 Å². The van der Waals surface area contributed by atoms with E-state index in [1.54, 1.807) is 11.9 Å². The fourth-order valence-corrected chi connectivity index (χ4v) is 4.78. The zero-order valence-electron chi connectivity index (χ0n) is 17.8. The van der Waals surface area contributed by atoms with Crippen LogP contribution in [0.15, 0.2) is 53.4 Å². The van der Waals surface area contributed by atoms with Crippen molar-refractivity contribution >= 4 is 27.3 Å². The van der Waals surface area contributed by atoms with E-state index in [0.717, 1.165) is 11.6 Å². The van der Waals surface area contributed by atoms with E-state index in [1.807, 2.05) is 30.3 Å². The van der Waals surface area contributed by atoms with Gasteiger partial charge in [0.2, 0.25) is 15.9 Å². The molecule has 2 aromatic carbocycles. The third-order valence-electron chi connectivity index (χ3n) is 5.12. The van der Waals surface area contributed by atoms with Gasteiger partial charge in [0.15, 0.2) is 0 Å². The summed E-state index contributed by atoms with van der Waals surface area (Å²) in [7, 11) is -2.15. The number of nitrogens with one attached hydrogen (secondary N) is 1. The minimum absolute atomic E-state index is 0.115. The van der Waals surface area contributed by atoms with Gasteiger partial charge in [-0.3, -0.25) is 14.9 Å². The highest BCUT2D eigenvalue weighted by molar-refractivity contribution is 7.89. The van der Waals surface area contributed by atoms with Crippen LogP contribution in [0, 0.1) is 10.1 Å². The number of anilines is 1. The average molecular weight is 463 g/mol. The van der Waals surface area contributed by atoms with Gasteiger partial charge in [0.25, 0.3) is 5.69 Å². The first-order valence-electron chi connectivity index (χ1n) is 10.2. The van der Waals surface area contributed by atoms with Crippen LogP contribution in [0.4, 0.5) is 11.4 Å². The lowest BCUT2D eigenvalue weighted by Crippen LogP contribution is -2.40. The lowest BCUT2D eigenvalue weighted by molar-refractivity contribution is -0.384. The van der Waals surface area contributed by atoms with Crippen LogP contribution in [0.2, 0.25) is 0 Å². The molecule has 0 atom stereocenters. The van der Waals surface area contributed by atoms with Crippen molar-refractivity contribution < 1.29 is 22.9 Å². The highest BCUT2D eigenvalue weighted by Crippen LogP contribution is 2.29. The molecule has 0 unspecified atom stereocenters. The second-order valence-corrected chi connectivity index (χ2v) is 9.30. The molecule has 2 aromatic rings. The number of nitro groups is 1. The number of carbonyl (C=O) groups is 1. The van der Waals surface area contributed by atoms with Crippen molar-refractivity contribution in [2.45, 2.75) is 17.9 Å². The Bertz CT molecular complexity index is 1060. The molecule has 1 aliphatic rings. The van der Waals surface area contributed by atoms with Gasteiger partial charge < -0.3 is 15.0 Å². The second-order valence-electron chi connectivity index (χ2n) is 7.36. The van der Waals surface area contributed by atoms with Crippen molar-refractivity contribution in [3.05, 3.63) is 64.2 Å². The molecule has 1 fully saturated rings. The Morgan fingerprint density at radius 3 is 2.53 bits per heavy atom. The molecular weight excluding hydrogens is 436 g/mol. The van der Waals surface area contributed by atoms with E-state index >= 15 is 0 Å². The number of hydrogen-bond acceptors (Lipinski definition) is 7. The summed E-state index contributed by atoms with van der Waals surface area (Å²) in [6.45, 7) is 1.62. The molecule has 32 heavy (non-hydrogen) atoms. The topological polar surface area (TPSA) is 122 Å². The first-order valence-corrected chi connectivity index (χ1v) is 11.6. The van der Waals surface area contributed by atoms with Gasteiger partial charge in [-0.1, -0.05) is 30.3 Å². The summed E-state index contributed by atoms with van der Waals surface area (Å²) in [5.74, 6) is -0.115. The molecule has 1 N–H and O–H groups in total. The zero-order chi connectivity index (χ0) is 23.1. The molecule has 1 heterocycles. The van der Waals surface area contributed by atoms with Crippen molar-refractivity contribution in [3.8, 4) is 0 Å². The number of benzene rings is 2. The van der Waals surface area contributed by atoms with Gasteiger partial charge >= 0.3 is 0 Å². The summed E-state index contributed by atoms with van der Waals surface area (Å²) in [4.78, 5) is 24.7. The Hall–Kier alpha value is -3.02. The van der Waals surface area contributed by atoms with Crippen molar-refractivity contribution in [2.24, 2.45) is 0 Å². The number of rotatable bonds is 9. The van der Waals surface area contributed by atoms with Gasteiger partial charge in [-0.05, 0) is 17.7 Å². The van der Waals surface area contributed by atoms with E-state index in [0.29, 0.717) is 6.54 Å². The van der Waals surface area contributed by atoms with E-state index in [9.17, 15) is 23.3 Å². The molecule has 172 valence electrons. The van der Waals surface area contributed by atoms with Crippen LogP contribution in [0.3, 0.4) is 0 Å². The number of morpholine rings is 1. The standard InChI is InChI=1S/C21H26N4O6S/c1-23(16-17-5-3-2-4-6-17)21(26)9-10-22-19-8-7-18(15-20(19)25(27)28)32(29,30)24-11-13-31-14-12-24/h2-8,15,22H,9-14,16H2,1H3. The molecule has 0 aliphatic carbocycles. The molecule has 1 amide bonds. The monoisotopic (exact) mass is 462 g/mol. The summed E-state index contributed by atoms with van der Waals surface area (Å²) in [5, 5.41) is 14.4. The Morgan fingerprint density at radius 2 is 1.88 bits per heavy atom. The molecule has 10 nitrogen and oxygen atoms in total. The lowest BCUT2D eigenvalue weighted by atomic mass is 10.2. The molecule has 1 saturated heterocycles. The summed E-state index contributed by atoms with van der Waals surface area (Å²) < 4.78 is 32.0. The molecule has 11 heteroatoms. The van der Waals surface area contributed by atoms with Crippen LogP contribution in [0.5, 0.6) is 0 Å². The average Bonchev–Trinajstić information content (AvgIpc) is 2.80. The summed E-state index contributed by atoms with van der Waals surface area (Å²) in [6, 6.07) is 13.3. The van der Waals surface area contributed by atoms with Gasteiger partial charge in [0.1, 0.15) is 5.69 Å². The SMILES string of the molecule is CN(Cc1ccccc1)C(=O)CCNc1ccc(S(=O)(=O)N2CCOCC2)cc1[N+](=O)[O-]. The first kappa shape index (κ1) is 23.6. The van der Waals surface area contributed by atoms with Gasteiger partial charge in [-0.25, -0.2) is 8.42 Å². The molecule has 0 spiro atoms. The quantitative estimate of drug-likeness (QED) is 0.447. The number of amides is 1. The summed E-state index contributed by atoms with van der Waals surface area (Å²) in [6.07, 6.45) is 0.133. The predicted molar refractivity (Wildman–Crippen MR) is 119 cm³/mol. The number of ether oxygens (including phenoxy) is 1. The fourth-order valence-electron chi connectivity index (χ4n) is 3.35. The third kappa shape index (κ3) is 5.81. The first-order chi connectivity index (χ1) is 15.3. The van der Waals surface area contributed by atoms with Crippen molar-refractivity contribution in [1.82, 2.24) is 9.21 Å². The second kappa shape index (κ2) is 10.5. The molecule has 0 aromatic heterocycles. The number of hydrogen-bond donors (Lipinski definition) is 1. The third-order valence-corrected chi connectivity index (χ3v) is 7.01. The van der Waals surface area contributed by atoms with E-state index < -0.39 is 14.9 Å². The number of nitro benzene ring substituents is 1. The Balaban J connectivity index is 1.63. The van der Waals surface area contributed by atoms with Crippen LogP contribution >= 0.6 is 0 Å². The van der Waals surface area contributed by atoms with Crippen LogP contribution in [0.25, 0.3) is 0 Å². The van der Waals surface area contributed by atoms with E-state index in [4.69, 9.17) is 4.74 Å². The van der Waals surface area contributed by atoms with Gasteiger partial charge in [-0.2, -0.15) is 4.31 Å². The van der Waals surface area contributed by atoms with Gasteiger partial charge in [-0.15, -0.1) is 0 Å². The highest BCUT2D eigenvalue weighted by Gasteiger charge is 2.28. The van der Waals surface area contributed by atoms with Crippen LogP contribution in [0.1, 0.15) is 12.0 Å². The van der Waals surface area contributed by atoms with E-state index in [1.165, 1.54) is 16.4 Å². The van der Waals surface area contributed by atoms with Crippen LogP contribution in [-0.2, 0) is 26.1 Å². The number of carbonyl (C=O) groups excluding carboxylic acids is 1. The largest absolute Gasteiger partial charge is 0.379 e. The molecule has 3 rings (SSSR count). The lowest BCUT2D eigenvalue weighted by Gasteiger charge is -2.26. The van der Waals surface area contributed by atoms with Gasteiger partial charge in [0.05, 0.1) is 23.0 Å². The molecule has 1 aliphatic heterocycles. The van der Waals surface area contributed by atoms with Crippen molar-refractivity contribution in [2.75, 3.05) is 45.2 Å². The number of sulfonamides is 1. The molecule has 0 radical (unpaired) electrons. The van der Waals surface area contributed by atoms with E-state index in [2.05, 4.69) is 5.32 Å². The molecular formula is C21H26N4O6S. The van der Waals surface area contributed by atoms with Crippen LogP contribution in [-0.4, -0.2) is 68.3 Å². The normalized spacial score (nSPS) is 14.7. The Kier molecular flexibility index (Phi) is 7.78. The van der Waals surface area contributed by atoms with Crippen molar-refractivity contribution in [1.29, 1.82) is 0 Å². The van der Waals surface area contributed by atoms with E-state index in [-0.39, 0.29) is 61.4 Å². The minimum Gasteiger partial charge on any atom is -0.379 e. The maximum Gasteiger partial charge on any atom is 0.293 e. The highest BCUT2D eigenvalue weighted by atomic mass is 32.2. The number of nitrogens with zero attached hydrogens (tertiary/aromatic N) is 3. The smallest absolute Gasteiger partial charge is 0.293 e. The summed E-state index contributed by atoms with van der Waals surface area (Å²) >= 11 is 0. The minimum atomic E-state index is -3.85. The van der Waals surface area contributed by atoms with Crippen LogP contribution < -0.4 is 5.32 Å². The fraction of sp³-hybridized carbons (Fsp3) is 0.381. The maximum atomic E-state index is 12.8. The maximum absolute atomic E-state index is 12.8. The Labute approximate surface area is 187 Å². The Morgan fingerprint density at radius 1 is 1.19 bits per heavy atom. The summed E-state index contributed by atoms with van der Waals surface area (Å²) in [5.41, 5.74) is 0.808. The zero-order valence-corrected chi connectivity index (χ0v) is 18.6. The van der Waals surface area contributed by atoms with Gasteiger partial charge in [0, 0.05) is 45.7 Å². The molecule has 0 bridgehead atoms. The molecule has 0 saturated carbocycles.